The van der Waals surface area contributed by atoms with Crippen molar-refractivity contribution < 1.29 is 35.6 Å². The number of pyridine rings is 2. The van der Waals surface area contributed by atoms with Gasteiger partial charge >= 0.3 is 0 Å². The lowest BCUT2D eigenvalue weighted by atomic mass is 9.89. The summed E-state index contributed by atoms with van der Waals surface area (Å²) in [6.45, 7) is 0. The van der Waals surface area contributed by atoms with Crippen molar-refractivity contribution in [3.63, 3.8) is 0 Å². The van der Waals surface area contributed by atoms with Crippen LogP contribution < -0.4 is 0 Å². The second kappa shape index (κ2) is 13.1. The maximum Gasteiger partial charge on any atom is 0.0972 e. The zero-order valence-corrected chi connectivity index (χ0v) is 27.6. The highest BCUT2D eigenvalue weighted by atomic mass is 32.1. The molecule has 0 spiro atoms. The van der Waals surface area contributed by atoms with Crippen LogP contribution in [0.1, 0.15) is 35.6 Å². The number of nitrogens with zero attached hydrogens (tertiary/aromatic N) is 2. The molecule has 0 amide bonds. The number of aromatic nitrogens is 2. The van der Waals surface area contributed by atoms with Gasteiger partial charge in [-0.15, -0.1) is 11.3 Å². The molecule has 7 aromatic carbocycles. The average Bonchev–Trinajstić information content (AvgIpc) is 4.05. The van der Waals surface area contributed by atoms with Crippen molar-refractivity contribution in [3.8, 4) is 65.5 Å². The molecule has 53 heavy (non-hydrogen) atoms. The molecule has 0 aliphatic rings. The van der Waals surface area contributed by atoms with Crippen molar-refractivity contribution in [2.24, 2.45) is 0 Å². The third-order valence-electron chi connectivity index (χ3n) is 8.39. The molecule has 0 fully saturated rings. The molecule has 10 rings (SSSR count). The quantitative estimate of drug-likeness (QED) is 0.160. The van der Waals surface area contributed by atoms with Gasteiger partial charge < -0.3 is 0 Å². The molecule has 0 aliphatic carbocycles. The van der Waals surface area contributed by atoms with E-state index in [4.69, 9.17) is 26.0 Å². The molecular formula is C50H32N2S. The summed E-state index contributed by atoms with van der Waals surface area (Å²) in [5.41, 5.74) is -4.81. The van der Waals surface area contributed by atoms with Crippen LogP contribution in [0.2, 0.25) is 0 Å². The first-order valence-electron chi connectivity index (χ1n) is 28.8. The van der Waals surface area contributed by atoms with Crippen LogP contribution in [0.15, 0.2) is 194 Å². The minimum absolute atomic E-state index is 0.00242. The van der Waals surface area contributed by atoms with Crippen molar-refractivity contribution in [3.05, 3.63) is 194 Å². The van der Waals surface area contributed by atoms with Gasteiger partial charge in [-0.05, 0) is 62.3 Å². The van der Waals surface area contributed by atoms with Crippen molar-refractivity contribution >= 4 is 43.9 Å². The minimum atomic E-state index is -0.939. The van der Waals surface area contributed by atoms with E-state index in [1.54, 1.807) is 18.2 Å². The van der Waals surface area contributed by atoms with E-state index in [1.165, 1.54) is 18.2 Å². The lowest BCUT2D eigenvalue weighted by Crippen LogP contribution is -1.91. The lowest BCUT2D eigenvalue weighted by molar-refractivity contribution is 1.37. The van der Waals surface area contributed by atoms with Crippen LogP contribution in [0.3, 0.4) is 0 Å². The van der Waals surface area contributed by atoms with E-state index in [1.807, 2.05) is 0 Å². The summed E-state index contributed by atoms with van der Waals surface area (Å²) < 4.78 is 232. The summed E-state index contributed by atoms with van der Waals surface area (Å²) >= 11 is 0.414. The number of hydrogen-bond donors (Lipinski definition) is 0. The Morgan fingerprint density at radius 3 is 1.68 bits per heavy atom. The van der Waals surface area contributed by atoms with Crippen molar-refractivity contribution in [2.45, 2.75) is 0 Å². The first-order valence-corrected chi connectivity index (χ1v) is 16.6. The molecule has 2 nitrogen and oxygen atoms in total. The molecule has 248 valence electrons. The molecular weight excluding hydrogens is 661 g/mol. The molecule has 0 aliphatic heterocycles. The Morgan fingerprint density at radius 2 is 0.981 bits per heavy atom. The van der Waals surface area contributed by atoms with Crippen LogP contribution >= 0.6 is 11.3 Å². The number of fused-ring (bicyclic) bond motifs is 4. The minimum Gasteiger partial charge on any atom is -0.254 e. The zero-order chi connectivity index (χ0) is 57.8. The Kier molecular flexibility index (Phi) is 3.57. The van der Waals surface area contributed by atoms with Gasteiger partial charge in [0.05, 0.1) is 52.4 Å². The maximum absolute atomic E-state index is 10.1. The first-order chi connectivity index (χ1) is 37.1. The number of rotatable bonds is 6. The van der Waals surface area contributed by atoms with Gasteiger partial charge in [0.25, 0.3) is 0 Å². The Morgan fingerprint density at radius 1 is 0.434 bits per heavy atom. The number of thiophene rings is 1. The summed E-state index contributed by atoms with van der Waals surface area (Å²) in [6.07, 6.45) is -0.645. The molecule has 3 heterocycles. The monoisotopic (exact) mass is 718 g/mol. The largest absolute Gasteiger partial charge is 0.254 e. The second-order valence-corrected chi connectivity index (χ2v) is 12.4. The summed E-state index contributed by atoms with van der Waals surface area (Å²) in [7, 11) is 0. The summed E-state index contributed by atoms with van der Waals surface area (Å²) in [5, 5.41) is -0.146. The molecule has 3 aromatic heterocycles. The van der Waals surface area contributed by atoms with Gasteiger partial charge in [0.2, 0.25) is 0 Å². The van der Waals surface area contributed by atoms with Gasteiger partial charge in [-0.1, -0.05) is 169 Å². The molecule has 3 heteroatoms. The predicted octanol–water partition coefficient (Wildman–Crippen LogP) is 14.0. The Bertz CT molecular complexity index is 4370. The standard InChI is InChI=1S/C50H32N2S/c1-4-14-33(15-5-1)45-46(50(37-18-8-3-9-19-37)53-49(45)36-16-6-2-7-17-36)39-21-12-20-38(32-39)40-28-29-43(42-24-11-10-23-41(40)42)44-30-27-35-26-25-34-22-13-31-51-47(34)48(35)52-44/h1-32H/i1D,2D,3D,4D,5D,6D,7D,8D,9D,12D,13D,14D,15D,16D,17D,18D,19D,20D,21D,22D,25D,26D,27D,30D,31D,32D. The van der Waals surface area contributed by atoms with Crippen LogP contribution in [0, 0.1) is 0 Å². The highest BCUT2D eigenvalue weighted by molar-refractivity contribution is 7.20. The van der Waals surface area contributed by atoms with Gasteiger partial charge in [0.15, 0.2) is 0 Å². The SMILES string of the molecule is [2H]c1nc2c(c([2H])c1[2H])c([2H])c([2H])c1c([2H])c([2H])c(-c3ccc(-c4c([2H])c([2H])c([2H])c(-c5c(-c6c([2H])c([2H])c([2H])c([2H])c6[2H])sc(-c6c([2H])c([2H])c([2H])c([2H])c6[2H])c5-c5c([2H])c([2H])c([2H])c([2H])c5[2H])c4[2H])c4ccccc34)nc12. The summed E-state index contributed by atoms with van der Waals surface area (Å²) in [6, 6.07) is -11.1. The van der Waals surface area contributed by atoms with Crippen molar-refractivity contribution in [2.75, 3.05) is 0 Å². The van der Waals surface area contributed by atoms with E-state index in [0.717, 1.165) is 0 Å². The lowest BCUT2D eigenvalue weighted by Gasteiger charge is -2.15. The van der Waals surface area contributed by atoms with Gasteiger partial charge in [-0.25, -0.2) is 4.98 Å². The van der Waals surface area contributed by atoms with Gasteiger partial charge in [-0.3, -0.25) is 4.98 Å². The first kappa shape index (κ1) is 14.4. The molecule has 0 saturated carbocycles. The Labute approximate surface area is 348 Å². The van der Waals surface area contributed by atoms with Crippen LogP contribution in [0.5, 0.6) is 0 Å². The Hall–Kier alpha value is -6.68. The van der Waals surface area contributed by atoms with Crippen LogP contribution in [-0.4, -0.2) is 9.97 Å². The van der Waals surface area contributed by atoms with Gasteiger partial charge in [0.1, 0.15) is 0 Å². The summed E-state index contributed by atoms with van der Waals surface area (Å²) in [5.74, 6) is 0. The van der Waals surface area contributed by atoms with E-state index in [-0.39, 0.29) is 49.4 Å². The van der Waals surface area contributed by atoms with E-state index in [9.17, 15) is 9.60 Å². The third kappa shape index (κ3) is 5.50. The van der Waals surface area contributed by atoms with E-state index in [2.05, 4.69) is 9.97 Å². The molecule has 0 bridgehead atoms. The normalized spacial score (nSPS) is 18.3. The Balaban J connectivity index is 1.37. The fraction of sp³-hybridized carbons (Fsp3) is 0. The average molecular weight is 719 g/mol. The fourth-order valence-corrected chi connectivity index (χ4v) is 7.36. The highest BCUT2D eigenvalue weighted by Gasteiger charge is 2.23. The second-order valence-electron chi connectivity index (χ2n) is 11.3. The molecule has 0 atom stereocenters. The molecule has 0 unspecified atom stereocenters. The fourth-order valence-electron chi connectivity index (χ4n) is 6.13. The molecule has 0 saturated heterocycles. The zero-order valence-electron chi connectivity index (χ0n) is 52.8. The van der Waals surface area contributed by atoms with Crippen LogP contribution in [0.4, 0.5) is 0 Å². The molecule has 0 N–H and O–H groups in total. The summed E-state index contributed by atoms with van der Waals surface area (Å²) in [4.78, 5) is 7.85. The molecule has 0 radical (unpaired) electrons. The van der Waals surface area contributed by atoms with Crippen molar-refractivity contribution in [1.29, 1.82) is 0 Å². The van der Waals surface area contributed by atoms with Gasteiger partial charge in [-0.2, -0.15) is 0 Å². The van der Waals surface area contributed by atoms with E-state index < -0.39 is 206 Å². The third-order valence-corrected chi connectivity index (χ3v) is 9.61. The highest BCUT2D eigenvalue weighted by Crippen LogP contribution is 2.52. The molecule has 10 aromatic rings. The number of hydrogen-bond acceptors (Lipinski definition) is 3. The van der Waals surface area contributed by atoms with Gasteiger partial charge in [0, 0.05) is 43.4 Å². The predicted molar refractivity (Wildman–Crippen MR) is 225 cm³/mol. The van der Waals surface area contributed by atoms with E-state index in [0.29, 0.717) is 11.3 Å². The van der Waals surface area contributed by atoms with Crippen LogP contribution in [0.25, 0.3) is 98.1 Å². The van der Waals surface area contributed by atoms with E-state index >= 15 is 0 Å². The van der Waals surface area contributed by atoms with Crippen molar-refractivity contribution in [1.82, 2.24) is 9.97 Å². The smallest absolute Gasteiger partial charge is 0.0972 e. The topological polar surface area (TPSA) is 25.8 Å². The number of benzene rings is 7. The van der Waals surface area contributed by atoms with Crippen LogP contribution in [-0.2, 0) is 0 Å². The maximum atomic E-state index is 10.1.